The molecule has 6 nitrogen and oxygen atoms in total. The number of rotatable bonds is 1. The van der Waals surface area contributed by atoms with Crippen LogP contribution in [0.25, 0.3) is 10.9 Å². The Morgan fingerprint density at radius 2 is 2.19 bits per heavy atom. The van der Waals surface area contributed by atoms with Crippen molar-refractivity contribution in [3.8, 4) is 5.75 Å². The van der Waals surface area contributed by atoms with Gasteiger partial charge in [-0.25, -0.2) is 0 Å². The van der Waals surface area contributed by atoms with Crippen LogP contribution in [0.3, 0.4) is 0 Å². The molecule has 1 aliphatic carbocycles. The van der Waals surface area contributed by atoms with E-state index in [9.17, 15) is 15.0 Å². The number of phenols is 1. The monoisotopic (exact) mass is 370 g/mol. The Morgan fingerprint density at radius 3 is 3.00 bits per heavy atom. The van der Waals surface area contributed by atoms with E-state index >= 15 is 0 Å². The van der Waals surface area contributed by atoms with Crippen molar-refractivity contribution in [3.05, 3.63) is 29.5 Å². The second kappa shape index (κ2) is 6.24. The van der Waals surface area contributed by atoms with Crippen LogP contribution >= 0.6 is 0 Å². The number of hydrogen-bond acceptors (Lipinski definition) is 5. The van der Waals surface area contributed by atoms with Gasteiger partial charge in [0.15, 0.2) is 0 Å². The lowest BCUT2D eigenvalue weighted by Crippen LogP contribution is -2.53. The van der Waals surface area contributed by atoms with Crippen LogP contribution in [0.15, 0.2) is 18.2 Å². The summed E-state index contributed by atoms with van der Waals surface area (Å²) in [7, 11) is 1.41. The number of aliphatic hydroxyl groups is 1. The number of aliphatic hydroxyl groups excluding tert-OH is 1. The summed E-state index contributed by atoms with van der Waals surface area (Å²) in [6.45, 7) is 1.98. The summed E-state index contributed by atoms with van der Waals surface area (Å²) >= 11 is 0. The van der Waals surface area contributed by atoms with Crippen molar-refractivity contribution in [2.75, 3.05) is 20.2 Å². The maximum absolute atomic E-state index is 12.4. The van der Waals surface area contributed by atoms with Gasteiger partial charge in [-0.1, -0.05) is 0 Å². The van der Waals surface area contributed by atoms with E-state index in [2.05, 4.69) is 9.88 Å². The van der Waals surface area contributed by atoms with Crippen LogP contribution in [-0.4, -0.2) is 52.4 Å². The van der Waals surface area contributed by atoms with E-state index in [0.29, 0.717) is 12.3 Å². The molecule has 0 bridgehead atoms. The Bertz CT molecular complexity index is 892. The third-order valence-electron chi connectivity index (χ3n) is 7.10. The molecule has 144 valence electrons. The summed E-state index contributed by atoms with van der Waals surface area (Å²) in [4.78, 5) is 18.5. The molecule has 3 heterocycles. The number of methoxy groups -OCH3 is 1. The summed E-state index contributed by atoms with van der Waals surface area (Å²) in [6.07, 6.45) is 2.89. The number of piperidine rings is 1. The first-order valence-corrected chi connectivity index (χ1v) is 9.90. The Balaban J connectivity index is 1.53. The van der Waals surface area contributed by atoms with Gasteiger partial charge in [0, 0.05) is 35.8 Å². The van der Waals surface area contributed by atoms with Crippen molar-refractivity contribution in [2.45, 2.75) is 37.8 Å². The molecule has 5 rings (SSSR count). The minimum atomic E-state index is -0.604. The van der Waals surface area contributed by atoms with E-state index in [0.717, 1.165) is 37.9 Å². The topological polar surface area (TPSA) is 85.8 Å². The van der Waals surface area contributed by atoms with E-state index in [4.69, 9.17) is 4.74 Å². The van der Waals surface area contributed by atoms with E-state index in [1.807, 2.05) is 6.07 Å². The zero-order valence-corrected chi connectivity index (χ0v) is 15.5. The van der Waals surface area contributed by atoms with E-state index in [-0.39, 0.29) is 23.7 Å². The number of carbonyl (C=O) groups is 1. The first-order chi connectivity index (χ1) is 13.1. The molecular weight excluding hydrogens is 344 g/mol. The first kappa shape index (κ1) is 17.1. The van der Waals surface area contributed by atoms with Crippen molar-refractivity contribution >= 4 is 16.9 Å². The second-order valence-electron chi connectivity index (χ2n) is 8.36. The fourth-order valence-electron chi connectivity index (χ4n) is 5.85. The van der Waals surface area contributed by atoms with Crippen molar-refractivity contribution in [3.63, 3.8) is 0 Å². The van der Waals surface area contributed by atoms with Gasteiger partial charge in [-0.05, 0) is 55.2 Å². The molecule has 0 radical (unpaired) electrons. The second-order valence-corrected chi connectivity index (χ2v) is 8.36. The van der Waals surface area contributed by atoms with Gasteiger partial charge in [-0.15, -0.1) is 0 Å². The number of benzene rings is 1. The molecule has 0 amide bonds. The number of phenolic OH excluding ortho intramolecular Hbond substituents is 1. The van der Waals surface area contributed by atoms with E-state index in [1.54, 1.807) is 12.1 Å². The number of nitrogens with zero attached hydrogens (tertiary/aromatic N) is 1. The molecule has 1 aromatic carbocycles. The highest BCUT2D eigenvalue weighted by molar-refractivity contribution is 5.86. The smallest absolute Gasteiger partial charge is 0.311 e. The van der Waals surface area contributed by atoms with Gasteiger partial charge in [0.05, 0.1) is 25.2 Å². The number of esters is 1. The molecule has 2 aliphatic heterocycles. The highest BCUT2D eigenvalue weighted by atomic mass is 16.5. The molecule has 2 fully saturated rings. The molecule has 2 aromatic rings. The van der Waals surface area contributed by atoms with Crippen molar-refractivity contribution in [2.24, 2.45) is 17.8 Å². The number of fused-ring (bicyclic) bond motifs is 6. The quantitative estimate of drug-likeness (QED) is 0.671. The number of hydrogen-bond donors (Lipinski definition) is 3. The Hall–Kier alpha value is -2.05. The number of nitrogens with one attached hydrogen (secondary N) is 1. The van der Waals surface area contributed by atoms with E-state index in [1.165, 1.54) is 23.8 Å². The first-order valence-electron chi connectivity index (χ1n) is 9.90. The molecule has 5 atom stereocenters. The van der Waals surface area contributed by atoms with Gasteiger partial charge in [-0.2, -0.15) is 0 Å². The minimum absolute atomic E-state index is 0.146. The lowest BCUT2D eigenvalue weighted by Gasteiger charge is -2.50. The SMILES string of the molecule is COC(=O)[C@@H]1[C@H]2C[C@H]3c4[nH]c5cc(O)ccc5c4CCN3C[C@@H]2CC[C@@H]1O. The largest absolute Gasteiger partial charge is 0.508 e. The van der Waals surface area contributed by atoms with Gasteiger partial charge < -0.3 is 19.9 Å². The van der Waals surface area contributed by atoms with Gasteiger partial charge in [0.1, 0.15) is 5.75 Å². The molecule has 0 unspecified atom stereocenters. The fourth-order valence-corrected chi connectivity index (χ4v) is 5.85. The van der Waals surface area contributed by atoms with Gasteiger partial charge in [0.25, 0.3) is 0 Å². The zero-order chi connectivity index (χ0) is 18.7. The van der Waals surface area contributed by atoms with Crippen LogP contribution in [0.2, 0.25) is 0 Å². The van der Waals surface area contributed by atoms with Crippen LogP contribution in [0.5, 0.6) is 5.75 Å². The van der Waals surface area contributed by atoms with Crippen molar-refractivity contribution < 1.29 is 19.7 Å². The molecule has 1 saturated heterocycles. The molecule has 3 aliphatic rings. The normalized spacial score (nSPS) is 33.2. The maximum Gasteiger partial charge on any atom is 0.311 e. The Labute approximate surface area is 158 Å². The Kier molecular flexibility index (Phi) is 3.95. The number of aromatic amines is 1. The van der Waals surface area contributed by atoms with Crippen LogP contribution in [0, 0.1) is 17.8 Å². The molecule has 3 N–H and O–H groups in total. The Morgan fingerprint density at radius 1 is 1.33 bits per heavy atom. The number of carbonyl (C=O) groups excluding carboxylic acids is 1. The van der Waals surface area contributed by atoms with E-state index < -0.39 is 12.0 Å². The summed E-state index contributed by atoms with van der Waals surface area (Å²) < 4.78 is 5.03. The van der Waals surface area contributed by atoms with Crippen LogP contribution < -0.4 is 0 Å². The number of aromatic nitrogens is 1. The molecule has 6 heteroatoms. The summed E-state index contributed by atoms with van der Waals surface area (Å²) in [5.74, 6) is 0.151. The molecular formula is C21H26N2O4. The highest BCUT2D eigenvalue weighted by Crippen LogP contribution is 2.49. The number of aromatic hydroxyl groups is 1. The molecule has 0 spiro atoms. The van der Waals surface area contributed by atoms with Crippen molar-refractivity contribution in [1.82, 2.24) is 9.88 Å². The van der Waals surface area contributed by atoms with Crippen LogP contribution in [0.4, 0.5) is 0 Å². The molecule has 27 heavy (non-hydrogen) atoms. The molecule has 1 saturated carbocycles. The summed E-state index contributed by atoms with van der Waals surface area (Å²) in [6, 6.07) is 5.74. The fraction of sp³-hybridized carbons (Fsp3) is 0.571. The zero-order valence-electron chi connectivity index (χ0n) is 15.5. The summed E-state index contributed by atoms with van der Waals surface area (Å²) in [5, 5.41) is 21.5. The number of ether oxygens (including phenoxy) is 1. The molecule has 1 aromatic heterocycles. The average Bonchev–Trinajstić information content (AvgIpc) is 3.04. The average molecular weight is 370 g/mol. The standard InChI is InChI=1S/C21H26N2O4/c1-27-21(26)19-15-9-17-20-14(13-4-3-12(24)8-16(13)22-20)6-7-23(17)10-11(15)2-5-18(19)25/h3-4,8,11,15,17-19,22,24-25H,2,5-7,9-10H2,1H3/t11-,15-,17-,18-,19+/m0/s1. The van der Waals surface area contributed by atoms with Crippen LogP contribution in [-0.2, 0) is 16.0 Å². The predicted octanol–water partition coefficient (Wildman–Crippen LogP) is 2.35. The minimum Gasteiger partial charge on any atom is -0.508 e. The van der Waals surface area contributed by atoms with Crippen LogP contribution in [0.1, 0.15) is 36.6 Å². The third-order valence-corrected chi connectivity index (χ3v) is 7.10. The summed E-state index contributed by atoms with van der Waals surface area (Å²) in [5.41, 5.74) is 3.51. The third kappa shape index (κ3) is 2.57. The van der Waals surface area contributed by atoms with Gasteiger partial charge >= 0.3 is 5.97 Å². The van der Waals surface area contributed by atoms with Gasteiger partial charge in [-0.3, -0.25) is 9.69 Å². The number of H-pyrrole nitrogens is 1. The highest BCUT2D eigenvalue weighted by Gasteiger charge is 2.49. The maximum atomic E-state index is 12.4. The predicted molar refractivity (Wildman–Crippen MR) is 100 cm³/mol. The lowest BCUT2D eigenvalue weighted by molar-refractivity contribution is -0.160. The van der Waals surface area contributed by atoms with Gasteiger partial charge in [0.2, 0.25) is 0 Å². The van der Waals surface area contributed by atoms with Crippen molar-refractivity contribution in [1.29, 1.82) is 0 Å². The lowest BCUT2D eigenvalue weighted by atomic mass is 9.65.